The van der Waals surface area contributed by atoms with Gasteiger partial charge in [0, 0.05) is 18.9 Å². The van der Waals surface area contributed by atoms with Crippen LogP contribution in [0.3, 0.4) is 0 Å². The number of halogens is 1. The maximum absolute atomic E-state index is 13.5. The standard InChI is InChI=1S/C17H18FN5O2/c1-11-8-19-16(20-11)9-23(2)17(24)14-7-12(21-22-14)10-25-15-6-4-3-5-13(15)18/h3-8H,9-10H2,1-2H3,(H,19,20)(H,21,22). The number of carbonyl (C=O) groups excluding carboxylic acids is 1. The molecule has 0 atom stereocenters. The molecule has 8 heteroatoms. The molecule has 2 heterocycles. The first-order valence-corrected chi connectivity index (χ1v) is 7.70. The van der Waals surface area contributed by atoms with Crippen LogP contribution in [0.25, 0.3) is 0 Å². The molecule has 25 heavy (non-hydrogen) atoms. The third-order valence-electron chi connectivity index (χ3n) is 3.56. The van der Waals surface area contributed by atoms with Gasteiger partial charge in [-0.1, -0.05) is 12.1 Å². The van der Waals surface area contributed by atoms with Crippen LogP contribution in [0.1, 0.15) is 27.7 Å². The van der Waals surface area contributed by atoms with E-state index in [4.69, 9.17) is 4.74 Å². The molecule has 0 aliphatic carbocycles. The second-order valence-corrected chi connectivity index (χ2v) is 5.67. The predicted molar refractivity (Wildman–Crippen MR) is 88.4 cm³/mol. The second kappa shape index (κ2) is 7.16. The maximum Gasteiger partial charge on any atom is 0.274 e. The van der Waals surface area contributed by atoms with Gasteiger partial charge in [-0.05, 0) is 25.1 Å². The van der Waals surface area contributed by atoms with Crippen LogP contribution in [0.4, 0.5) is 4.39 Å². The summed E-state index contributed by atoms with van der Waals surface area (Å²) in [4.78, 5) is 21.2. The van der Waals surface area contributed by atoms with E-state index >= 15 is 0 Å². The summed E-state index contributed by atoms with van der Waals surface area (Å²) in [5, 5.41) is 6.73. The summed E-state index contributed by atoms with van der Waals surface area (Å²) in [7, 11) is 1.67. The zero-order chi connectivity index (χ0) is 17.8. The van der Waals surface area contributed by atoms with Crippen molar-refractivity contribution in [2.24, 2.45) is 0 Å². The Hall–Kier alpha value is -3.16. The van der Waals surface area contributed by atoms with Gasteiger partial charge in [-0.3, -0.25) is 9.89 Å². The first-order chi connectivity index (χ1) is 12.0. The summed E-state index contributed by atoms with van der Waals surface area (Å²) in [6.07, 6.45) is 1.71. The van der Waals surface area contributed by atoms with E-state index < -0.39 is 5.82 Å². The summed E-state index contributed by atoms with van der Waals surface area (Å²) in [6.45, 7) is 2.33. The smallest absolute Gasteiger partial charge is 0.274 e. The highest BCUT2D eigenvalue weighted by Crippen LogP contribution is 2.17. The molecule has 1 aromatic carbocycles. The van der Waals surface area contributed by atoms with E-state index in [1.165, 1.54) is 17.0 Å². The number of aromatic nitrogens is 4. The number of benzene rings is 1. The van der Waals surface area contributed by atoms with Crippen molar-refractivity contribution in [2.75, 3.05) is 7.05 Å². The van der Waals surface area contributed by atoms with Crippen LogP contribution in [-0.2, 0) is 13.2 Å². The van der Waals surface area contributed by atoms with Gasteiger partial charge in [0.25, 0.3) is 5.91 Å². The first-order valence-electron chi connectivity index (χ1n) is 7.70. The quantitative estimate of drug-likeness (QED) is 0.720. The van der Waals surface area contributed by atoms with Gasteiger partial charge in [0.15, 0.2) is 17.3 Å². The Balaban J connectivity index is 1.60. The molecule has 0 radical (unpaired) electrons. The summed E-state index contributed by atoms with van der Waals surface area (Å²) in [6, 6.07) is 7.73. The lowest BCUT2D eigenvalue weighted by Gasteiger charge is -2.13. The maximum atomic E-state index is 13.5. The number of rotatable bonds is 6. The number of imidazole rings is 1. The van der Waals surface area contributed by atoms with Crippen molar-refractivity contribution in [1.82, 2.24) is 25.1 Å². The van der Waals surface area contributed by atoms with E-state index in [1.54, 1.807) is 31.4 Å². The lowest BCUT2D eigenvalue weighted by atomic mass is 10.3. The minimum atomic E-state index is -0.438. The van der Waals surface area contributed by atoms with Gasteiger partial charge >= 0.3 is 0 Å². The number of nitrogens with zero attached hydrogens (tertiary/aromatic N) is 3. The van der Waals surface area contributed by atoms with Crippen LogP contribution in [0.15, 0.2) is 36.5 Å². The van der Waals surface area contributed by atoms with E-state index in [0.717, 1.165) is 5.69 Å². The van der Waals surface area contributed by atoms with Crippen LogP contribution >= 0.6 is 0 Å². The van der Waals surface area contributed by atoms with Crippen molar-refractivity contribution < 1.29 is 13.9 Å². The Morgan fingerprint density at radius 1 is 1.36 bits per heavy atom. The van der Waals surface area contributed by atoms with Crippen molar-refractivity contribution in [2.45, 2.75) is 20.1 Å². The molecule has 7 nitrogen and oxygen atoms in total. The van der Waals surface area contributed by atoms with Gasteiger partial charge in [0.05, 0.1) is 12.2 Å². The number of amides is 1. The Kier molecular flexibility index (Phi) is 4.78. The van der Waals surface area contributed by atoms with Crippen molar-refractivity contribution in [3.8, 4) is 5.75 Å². The van der Waals surface area contributed by atoms with Gasteiger partial charge in [-0.25, -0.2) is 9.37 Å². The Bertz CT molecular complexity index is 873. The molecule has 0 saturated carbocycles. The highest BCUT2D eigenvalue weighted by atomic mass is 19.1. The number of aromatic amines is 2. The molecule has 2 aromatic heterocycles. The zero-order valence-electron chi connectivity index (χ0n) is 13.9. The fourth-order valence-electron chi connectivity index (χ4n) is 2.30. The molecule has 0 spiro atoms. The average Bonchev–Trinajstić information content (AvgIpc) is 3.22. The van der Waals surface area contributed by atoms with Gasteiger partial charge in [0.2, 0.25) is 0 Å². The first kappa shape index (κ1) is 16.7. The number of para-hydroxylation sites is 1. The third kappa shape index (κ3) is 4.03. The van der Waals surface area contributed by atoms with Crippen molar-refractivity contribution in [1.29, 1.82) is 0 Å². The van der Waals surface area contributed by atoms with E-state index in [1.807, 2.05) is 6.92 Å². The molecule has 1 amide bonds. The molecule has 2 N–H and O–H groups in total. The number of ether oxygens (including phenoxy) is 1. The van der Waals surface area contributed by atoms with Crippen LogP contribution in [0.2, 0.25) is 0 Å². The van der Waals surface area contributed by atoms with E-state index in [9.17, 15) is 9.18 Å². The minimum absolute atomic E-state index is 0.0856. The fourth-order valence-corrected chi connectivity index (χ4v) is 2.30. The van der Waals surface area contributed by atoms with Crippen LogP contribution < -0.4 is 4.74 Å². The molecule has 0 saturated heterocycles. The molecular weight excluding hydrogens is 325 g/mol. The normalized spacial score (nSPS) is 10.7. The predicted octanol–water partition coefficient (Wildman–Crippen LogP) is 2.43. The van der Waals surface area contributed by atoms with Gasteiger partial charge in [0.1, 0.15) is 12.4 Å². The van der Waals surface area contributed by atoms with Gasteiger partial charge < -0.3 is 14.6 Å². The number of aryl methyl sites for hydroxylation is 1. The van der Waals surface area contributed by atoms with E-state index in [0.29, 0.717) is 18.1 Å². The fraction of sp³-hybridized carbons (Fsp3) is 0.235. The minimum Gasteiger partial charge on any atom is -0.484 e. The van der Waals surface area contributed by atoms with Crippen molar-refractivity contribution in [3.63, 3.8) is 0 Å². The number of H-pyrrole nitrogens is 2. The summed E-state index contributed by atoms with van der Waals surface area (Å²) < 4.78 is 18.9. The summed E-state index contributed by atoms with van der Waals surface area (Å²) in [5.41, 5.74) is 1.77. The molecule has 130 valence electrons. The topological polar surface area (TPSA) is 86.9 Å². The molecule has 0 bridgehead atoms. The third-order valence-corrected chi connectivity index (χ3v) is 3.56. The number of nitrogens with one attached hydrogen (secondary N) is 2. The van der Waals surface area contributed by atoms with Crippen LogP contribution in [-0.4, -0.2) is 38.0 Å². The Labute approximate surface area is 143 Å². The number of hydrogen-bond donors (Lipinski definition) is 2. The average molecular weight is 343 g/mol. The van der Waals surface area contributed by atoms with E-state index in [2.05, 4.69) is 20.2 Å². The lowest BCUT2D eigenvalue weighted by Crippen LogP contribution is -2.27. The Morgan fingerprint density at radius 2 is 2.16 bits per heavy atom. The molecule has 0 aliphatic rings. The Morgan fingerprint density at radius 3 is 2.88 bits per heavy atom. The largest absolute Gasteiger partial charge is 0.484 e. The monoisotopic (exact) mass is 343 g/mol. The van der Waals surface area contributed by atoms with Crippen LogP contribution in [0, 0.1) is 12.7 Å². The molecule has 0 aliphatic heterocycles. The van der Waals surface area contributed by atoms with Crippen molar-refractivity contribution in [3.05, 3.63) is 65.3 Å². The number of hydrogen-bond acceptors (Lipinski definition) is 4. The zero-order valence-corrected chi connectivity index (χ0v) is 13.9. The SMILES string of the molecule is Cc1cnc(CN(C)C(=O)c2cc(COc3ccccc3F)[nH]n2)[nH]1. The van der Waals surface area contributed by atoms with Gasteiger partial charge in [-0.15, -0.1) is 0 Å². The lowest BCUT2D eigenvalue weighted by molar-refractivity contribution is 0.0776. The molecule has 0 unspecified atom stereocenters. The second-order valence-electron chi connectivity index (χ2n) is 5.67. The van der Waals surface area contributed by atoms with Crippen LogP contribution in [0.5, 0.6) is 5.75 Å². The number of carbonyl (C=O) groups is 1. The van der Waals surface area contributed by atoms with Crippen molar-refractivity contribution >= 4 is 5.91 Å². The van der Waals surface area contributed by atoms with Gasteiger partial charge in [-0.2, -0.15) is 5.10 Å². The highest BCUT2D eigenvalue weighted by Gasteiger charge is 2.17. The molecule has 0 fully saturated rings. The molecule has 3 aromatic rings. The summed E-state index contributed by atoms with van der Waals surface area (Å²) >= 11 is 0. The van der Waals surface area contributed by atoms with E-state index in [-0.39, 0.29) is 24.0 Å². The highest BCUT2D eigenvalue weighted by molar-refractivity contribution is 5.92. The molecule has 3 rings (SSSR count). The molecular formula is C17H18FN5O2. The summed E-state index contributed by atoms with van der Waals surface area (Å²) in [5.74, 6) is 0.163.